The van der Waals surface area contributed by atoms with Crippen LogP contribution in [0.5, 0.6) is 0 Å². The topological polar surface area (TPSA) is 132 Å². The first-order valence-electron chi connectivity index (χ1n) is 18.3. The Bertz CT molecular complexity index is 1410. The quantitative estimate of drug-likeness (QED) is 0.200. The molecule has 10 nitrogen and oxygen atoms in total. The van der Waals surface area contributed by atoms with Gasteiger partial charge in [-0.3, -0.25) is 14.0 Å². The highest BCUT2D eigenvalue weighted by atomic mass is 19.1. The van der Waals surface area contributed by atoms with Crippen LogP contribution in [0.4, 0.5) is 4.39 Å². The number of ketones is 1. The molecular formula is C41H58FNO9. The fourth-order valence-electron chi connectivity index (χ4n) is 7.06. The highest BCUT2D eigenvalue weighted by Gasteiger charge is 2.48. The first-order valence-corrected chi connectivity index (χ1v) is 18.3. The third-order valence-corrected chi connectivity index (χ3v) is 10.1. The summed E-state index contributed by atoms with van der Waals surface area (Å²) in [4.78, 5) is 40.3. The van der Waals surface area contributed by atoms with Gasteiger partial charge in [0.15, 0.2) is 12.1 Å². The molecule has 2 aliphatic rings. The number of benzene rings is 1. The largest absolute Gasteiger partial charge is 0.462 e. The average Bonchev–Trinajstić information content (AvgIpc) is 3.11. The number of allylic oxidation sites excluding steroid dienone is 3. The second-order valence-corrected chi connectivity index (χ2v) is 14.4. The zero-order valence-electron chi connectivity index (χ0n) is 31.7. The normalized spacial score (nSPS) is 35.5. The fraction of sp³-hybridized carbons (Fsp3) is 0.634. The summed E-state index contributed by atoms with van der Waals surface area (Å²) in [6, 6.07) is 9.30. The van der Waals surface area contributed by atoms with Crippen LogP contribution in [0.15, 0.2) is 54.1 Å². The van der Waals surface area contributed by atoms with Gasteiger partial charge in [-0.1, -0.05) is 80.7 Å². The van der Waals surface area contributed by atoms with E-state index in [1.165, 1.54) is 6.08 Å². The van der Waals surface area contributed by atoms with Crippen molar-refractivity contribution in [3.63, 3.8) is 0 Å². The van der Waals surface area contributed by atoms with E-state index < -0.39 is 91.7 Å². The van der Waals surface area contributed by atoms with E-state index in [-0.39, 0.29) is 25.2 Å². The number of rotatable bonds is 10. The van der Waals surface area contributed by atoms with Crippen LogP contribution >= 0.6 is 0 Å². The van der Waals surface area contributed by atoms with Crippen molar-refractivity contribution >= 4 is 18.0 Å². The van der Waals surface area contributed by atoms with Crippen molar-refractivity contribution in [2.45, 2.75) is 116 Å². The van der Waals surface area contributed by atoms with Gasteiger partial charge in [0.25, 0.3) is 0 Å². The molecule has 2 heterocycles. The van der Waals surface area contributed by atoms with E-state index in [9.17, 15) is 29.0 Å². The number of nitrogens with zero attached hydrogens (tertiary/aromatic N) is 1. The van der Waals surface area contributed by atoms with Crippen LogP contribution in [0, 0.1) is 35.5 Å². The first-order chi connectivity index (χ1) is 24.8. The summed E-state index contributed by atoms with van der Waals surface area (Å²) in [5.74, 6) is 2.62. The molecule has 288 valence electrons. The molecule has 1 fully saturated rings. The minimum absolute atomic E-state index is 0.00854. The van der Waals surface area contributed by atoms with Gasteiger partial charge in [-0.05, 0) is 58.3 Å². The molecule has 2 N–H and O–H groups in total. The molecule has 0 amide bonds. The number of hydrogen-bond donors (Lipinski definition) is 2. The third kappa shape index (κ3) is 12.4. The highest BCUT2D eigenvalue weighted by molar-refractivity contribution is 5.91. The second-order valence-electron chi connectivity index (χ2n) is 14.4. The smallest absolute Gasteiger partial charge is 0.308 e. The first kappa shape index (κ1) is 43.2. The van der Waals surface area contributed by atoms with Crippen molar-refractivity contribution in [2.24, 2.45) is 23.7 Å². The number of alkyl halides is 1. The summed E-state index contributed by atoms with van der Waals surface area (Å²) in [6.07, 6.45) is -0.414. The molecule has 0 bridgehead atoms. The molecule has 1 aromatic rings. The molecule has 0 radical (unpaired) electrons. The maximum Gasteiger partial charge on any atom is 0.308 e. The fourth-order valence-corrected chi connectivity index (χ4v) is 7.06. The molecule has 0 aliphatic carbocycles. The van der Waals surface area contributed by atoms with E-state index in [4.69, 9.17) is 18.9 Å². The monoisotopic (exact) mass is 727 g/mol. The van der Waals surface area contributed by atoms with Crippen LogP contribution in [-0.4, -0.2) is 109 Å². The summed E-state index contributed by atoms with van der Waals surface area (Å²) in [5.41, 5.74) is 1.73. The number of aliphatic hydroxyl groups is 2. The van der Waals surface area contributed by atoms with Crippen molar-refractivity contribution < 1.29 is 47.9 Å². The number of cyclic esters (lactones) is 1. The summed E-state index contributed by atoms with van der Waals surface area (Å²) in [7, 11) is 3.63. The molecule has 0 spiro atoms. The molecule has 3 rings (SSSR count). The van der Waals surface area contributed by atoms with E-state index in [1.54, 1.807) is 39.8 Å². The van der Waals surface area contributed by atoms with Gasteiger partial charge >= 0.3 is 5.97 Å². The predicted molar refractivity (Wildman–Crippen MR) is 196 cm³/mol. The number of ether oxygens (including phenoxy) is 4. The van der Waals surface area contributed by atoms with Crippen LogP contribution in [0.1, 0.15) is 65.9 Å². The lowest BCUT2D eigenvalue weighted by atomic mass is 9.79. The van der Waals surface area contributed by atoms with E-state index in [1.807, 2.05) is 56.3 Å². The van der Waals surface area contributed by atoms with Gasteiger partial charge < -0.3 is 38.9 Å². The third-order valence-electron chi connectivity index (χ3n) is 10.1. The SMILES string of the molecule is CC[C@H]1OC(=O)C[C@@H](O)[C@H](C)[C@@H](O[C@@H]2O[C@H](C)[C@@H](OCC#CCc3ccccc3)[C@H](N(C)C)[C@H]2O)[C@@H](CC=O)C[C@@H](C)C(=O)/C=C/C(C)=C/[C@@H]1CF. The van der Waals surface area contributed by atoms with E-state index in [0.717, 1.165) is 11.8 Å². The number of likely N-dealkylation sites (N-methyl/N-ethyl adjacent to an activating group) is 1. The highest BCUT2D eigenvalue weighted by Crippen LogP contribution is 2.35. The van der Waals surface area contributed by atoms with Gasteiger partial charge in [-0.15, -0.1) is 0 Å². The number of esters is 1. The summed E-state index contributed by atoms with van der Waals surface area (Å²) >= 11 is 0. The van der Waals surface area contributed by atoms with Crippen LogP contribution in [0.25, 0.3) is 0 Å². The van der Waals surface area contributed by atoms with E-state index in [2.05, 4.69) is 11.8 Å². The molecule has 11 heteroatoms. The minimum atomic E-state index is -1.29. The Morgan fingerprint density at radius 1 is 1.06 bits per heavy atom. The molecular weight excluding hydrogens is 669 g/mol. The van der Waals surface area contributed by atoms with Gasteiger partial charge in [0, 0.05) is 30.6 Å². The van der Waals surface area contributed by atoms with Crippen molar-refractivity contribution in [1.29, 1.82) is 0 Å². The Labute approximate surface area is 308 Å². The standard InChI is InChI=1S/C41H58FNO9/c1-8-35-32(25-42)22-26(2)17-18-33(45)27(3)23-31(19-20-44)39(28(4)34(46)24-36(47)51-35)52-41-38(48)37(43(6)7)40(29(5)50-41)49-21-13-12-16-30-14-10-9-11-15-30/h9-11,14-15,17-18,20,22,27-29,31-32,34-35,37-41,46,48H,8,16,19,21,23-25H2,1-7H3/b18-17+,26-22+/t27-,28+,29-,31+,32-,34-,35-,37-,38-,39-,40-,41+/m1/s1. The van der Waals surface area contributed by atoms with Crippen molar-refractivity contribution in [2.75, 3.05) is 27.4 Å². The average molecular weight is 728 g/mol. The Kier molecular flexibility index (Phi) is 17.8. The zero-order chi connectivity index (χ0) is 38.4. The lowest BCUT2D eigenvalue weighted by molar-refractivity contribution is -0.307. The predicted octanol–water partition coefficient (Wildman–Crippen LogP) is 4.65. The number of aldehydes is 1. The van der Waals surface area contributed by atoms with Crippen LogP contribution in [-0.2, 0) is 39.8 Å². The number of carbonyl (C=O) groups is 3. The maximum atomic E-state index is 14.1. The lowest BCUT2D eigenvalue weighted by Crippen LogP contribution is -2.64. The van der Waals surface area contributed by atoms with Crippen LogP contribution in [0.2, 0.25) is 0 Å². The van der Waals surface area contributed by atoms with E-state index in [0.29, 0.717) is 18.4 Å². The maximum absolute atomic E-state index is 14.1. The molecule has 2 aliphatic heterocycles. The molecule has 1 saturated heterocycles. The van der Waals surface area contributed by atoms with Gasteiger partial charge in [0.1, 0.15) is 31.2 Å². The van der Waals surface area contributed by atoms with Crippen LogP contribution < -0.4 is 0 Å². The summed E-state index contributed by atoms with van der Waals surface area (Å²) in [5, 5.41) is 23.1. The van der Waals surface area contributed by atoms with Gasteiger partial charge in [0.2, 0.25) is 0 Å². The lowest BCUT2D eigenvalue weighted by Gasteiger charge is -2.47. The van der Waals surface area contributed by atoms with E-state index >= 15 is 0 Å². The molecule has 52 heavy (non-hydrogen) atoms. The van der Waals surface area contributed by atoms with Crippen LogP contribution in [0.3, 0.4) is 0 Å². The number of halogens is 1. The van der Waals surface area contributed by atoms with Gasteiger partial charge in [-0.25, -0.2) is 0 Å². The Balaban J connectivity index is 1.89. The number of aliphatic hydroxyl groups excluding tert-OH is 2. The van der Waals surface area contributed by atoms with Crippen molar-refractivity contribution in [1.82, 2.24) is 4.90 Å². The molecule has 0 saturated carbocycles. The zero-order valence-corrected chi connectivity index (χ0v) is 31.7. The van der Waals surface area contributed by atoms with Gasteiger partial charge in [-0.2, -0.15) is 0 Å². The molecule has 12 atom stereocenters. The van der Waals surface area contributed by atoms with Crippen molar-refractivity contribution in [3.8, 4) is 11.8 Å². The van der Waals surface area contributed by atoms with Gasteiger partial charge in [0.05, 0.1) is 37.4 Å². The number of hydrogen-bond acceptors (Lipinski definition) is 10. The molecule has 1 aromatic carbocycles. The molecule has 0 unspecified atom stereocenters. The summed E-state index contributed by atoms with van der Waals surface area (Å²) < 4.78 is 38.7. The Morgan fingerprint density at radius 2 is 1.77 bits per heavy atom. The minimum Gasteiger partial charge on any atom is -0.462 e. The Hall–Kier alpha value is -3.24. The summed E-state index contributed by atoms with van der Waals surface area (Å²) in [6.45, 7) is 8.13. The molecule has 0 aromatic heterocycles. The Morgan fingerprint density at radius 3 is 2.40 bits per heavy atom. The number of carbonyl (C=O) groups excluding carboxylic acids is 3. The second kappa shape index (κ2) is 21.5. The van der Waals surface area contributed by atoms with Crippen molar-refractivity contribution in [3.05, 3.63) is 59.7 Å².